The lowest BCUT2D eigenvalue weighted by molar-refractivity contribution is -0.384. The van der Waals surface area contributed by atoms with Crippen LogP contribution in [0.15, 0.2) is 55.0 Å². The number of nitro groups is 1. The normalized spacial score (nSPS) is 10.4. The van der Waals surface area contributed by atoms with Gasteiger partial charge in [0.2, 0.25) is 5.82 Å². The van der Waals surface area contributed by atoms with E-state index in [4.69, 9.17) is 0 Å². The molecule has 0 aliphatic rings. The van der Waals surface area contributed by atoms with Gasteiger partial charge in [0.1, 0.15) is 0 Å². The first-order chi connectivity index (χ1) is 10.7. The highest BCUT2D eigenvalue weighted by molar-refractivity contribution is 5.62. The molecule has 3 rings (SSSR count). The van der Waals surface area contributed by atoms with Crippen molar-refractivity contribution in [3.63, 3.8) is 0 Å². The van der Waals surface area contributed by atoms with Gasteiger partial charge in [0, 0.05) is 30.7 Å². The summed E-state index contributed by atoms with van der Waals surface area (Å²) in [6.45, 7) is 0.521. The van der Waals surface area contributed by atoms with Gasteiger partial charge in [-0.1, -0.05) is 6.07 Å². The van der Waals surface area contributed by atoms with Gasteiger partial charge in [0.25, 0.3) is 0 Å². The van der Waals surface area contributed by atoms with Gasteiger partial charge in [-0.25, -0.2) is 4.98 Å². The molecular formula is C14H12N6O2. The van der Waals surface area contributed by atoms with E-state index in [0.717, 1.165) is 5.69 Å². The molecule has 8 nitrogen and oxygen atoms in total. The van der Waals surface area contributed by atoms with Crippen molar-refractivity contribution >= 4 is 17.3 Å². The molecule has 8 heteroatoms. The smallest absolute Gasteiger partial charge is 0.311 e. The summed E-state index contributed by atoms with van der Waals surface area (Å²) in [5, 5.41) is 18.1. The molecule has 0 radical (unpaired) electrons. The Balaban J connectivity index is 1.76. The van der Waals surface area contributed by atoms with Crippen LogP contribution in [-0.4, -0.2) is 24.7 Å². The van der Waals surface area contributed by atoms with Gasteiger partial charge in [-0.2, -0.15) is 5.10 Å². The van der Waals surface area contributed by atoms with Crippen molar-refractivity contribution < 1.29 is 4.92 Å². The van der Waals surface area contributed by atoms with Gasteiger partial charge in [0.15, 0.2) is 5.82 Å². The molecule has 1 N–H and O–H groups in total. The number of hydrogen-bond acceptors (Lipinski definition) is 6. The van der Waals surface area contributed by atoms with Crippen LogP contribution in [-0.2, 0) is 6.54 Å². The molecule has 0 bridgehead atoms. The summed E-state index contributed by atoms with van der Waals surface area (Å²) in [4.78, 5) is 18.7. The molecule has 110 valence electrons. The minimum absolute atomic E-state index is 0.0956. The molecule has 0 amide bonds. The van der Waals surface area contributed by atoms with Gasteiger partial charge >= 0.3 is 5.69 Å². The predicted octanol–water partition coefficient (Wildman–Crippen LogP) is 2.37. The van der Waals surface area contributed by atoms with Crippen molar-refractivity contribution in [3.8, 4) is 0 Å². The quantitative estimate of drug-likeness (QED) is 0.573. The van der Waals surface area contributed by atoms with Crippen molar-refractivity contribution in [2.75, 3.05) is 5.32 Å². The zero-order chi connectivity index (χ0) is 15.4. The van der Waals surface area contributed by atoms with E-state index in [1.54, 1.807) is 23.1 Å². The van der Waals surface area contributed by atoms with Crippen LogP contribution in [0.5, 0.6) is 0 Å². The molecule has 0 fully saturated rings. The fourth-order valence-corrected chi connectivity index (χ4v) is 1.94. The number of hydrogen-bond donors (Lipinski definition) is 1. The van der Waals surface area contributed by atoms with Crippen molar-refractivity contribution in [3.05, 3.63) is 70.8 Å². The third-order valence-electron chi connectivity index (χ3n) is 2.92. The summed E-state index contributed by atoms with van der Waals surface area (Å²) in [6.07, 6.45) is 4.97. The van der Waals surface area contributed by atoms with Gasteiger partial charge in [-0.3, -0.25) is 19.8 Å². The third-order valence-corrected chi connectivity index (χ3v) is 2.92. The zero-order valence-electron chi connectivity index (χ0n) is 11.5. The van der Waals surface area contributed by atoms with Crippen LogP contribution in [0, 0.1) is 10.1 Å². The summed E-state index contributed by atoms with van der Waals surface area (Å²) >= 11 is 0. The SMILES string of the molecule is O=[N+]([O-])c1cccnc1Nc1ccn(Cc2ccccn2)n1. The predicted molar refractivity (Wildman–Crippen MR) is 79.7 cm³/mol. The van der Waals surface area contributed by atoms with Crippen LogP contribution in [0.3, 0.4) is 0 Å². The molecule has 3 aromatic rings. The maximum absolute atomic E-state index is 11.0. The van der Waals surface area contributed by atoms with Crippen LogP contribution in [0.2, 0.25) is 0 Å². The maximum atomic E-state index is 11.0. The van der Waals surface area contributed by atoms with Crippen molar-refractivity contribution in [1.82, 2.24) is 19.7 Å². The average molecular weight is 296 g/mol. The van der Waals surface area contributed by atoms with Crippen molar-refractivity contribution in [2.45, 2.75) is 6.54 Å². The molecule has 0 atom stereocenters. The summed E-state index contributed by atoms with van der Waals surface area (Å²) < 4.78 is 1.69. The number of pyridine rings is 2. The first kappa shape index (κ1) is 13.7. The van der Waals surface area contributed by atoms with E-state index in [2.05, 4.69) is 20.4 Å². The third kappa shape index (κ3) is 3.06. The Hall–Kier alpha value is -3.29. The highest BCUT2D eigenvalue weighted by Crippen LogP contribution is 2.23. The maximum Gasteiger partial charge on any atom is 0.311 e. The minimum Gasteiger partial charge on any atom is -0.318 e. The number of nitrogens with zero attached hydrogens (tertiary/aromatic N) is 5. The second-order valence-electron chi connectivity index (χ2n) is 4.47. The number of nitrogens with one attached hydrogen (secondary N) is 1. The van der Waals surface area contributed by atoms with Crippen LogP contribution >= 0.6 is 0 Å². The van der Waals surface area contributed by atoms with Crippen LogP contribution in [0.25, 0.3) is 0 Å². The van der Waals surface area contributed by atoms with E-state index in [-0.39, 0.29) is 11.5 Å². The van der Waals surface area contributed by atoms with Crippen molar-refractivity contribution in [2.24, 2.45) is 0 Å². The molecule has 0 unspecified atom stereocenters. The Morgan fingerprint density at radius 2 is 2.00 bits per heavy atom. The number of anilines is 2. The second kappa shape index (κ2) is 6.00. The molecule has 22 heavy (non-hydrogen) atoms. The van der Waals surface area contributed by atoms with E-state index in [0.29, 0.717) is 12.4 Å². The molecule has 0 aliphatic heterocycles. The highest BCUT2D eigenvalue weighted by atomic mass is 16.6. The number of rotatable bonds is 5. The van der Waals surface area contributed by atoms with Crippen LogP contribution < -0.4 is 5.32 Å². The van der Waals surface area contributed by atoms with Gasteiger partial charge in [-0.15, -0.1) is 0 Å². The average Bonchev–Trinajstić information content (AvgIpc) is 2.96. The van der Waals surface area contributed by atoms with Crippen LogP contribution in [0.1, 0.15) is 5.69 Å². The second-order valence-corrected chi connectivity index (χ2v) is 4.47. The number of aromatic nitrogens is 4. The van der Waals surface area contributed by atoms with Crippen molar-refractivity contribution in [1.29, 1.82) is 0 Å². The fourth-order valence-electron chi connectivity index (χ4n) is 1.94. The molecule has 0 spiro atoms. The topological polar surface area (TPSA) is 98.8 Å². The van der Waals surface area contributed by atoms with Gasteiger partial charge in [-0.05, 0) is 18.2 Å². The molecule has 0 saturated heterocycles. The molecule has 0 saturated carbocycles. The summed E-state index contributed by atoms with van der Waals surface area (Å²) in [7, 11) is 0. The largest absolute Gasteiger partial charge is 0.318 e. The lowest BCUT2D eigenvalue weighted by atomic mass is 10.3. The Bertz CT molecular complexity index is 787. The first-order valence-corrected chi connectivity index (χ1v) is 6.52. The Morgan fingerprint density at radius 3 is 2.77 bits per heavy atom. The lowest BCUT2D eigenvalue weighted by Gasteiger charge is -2.03. The van der Waals surface area contributed by atoms with E-state index < -0.39 is 4.92 Å². The fraction of sp³-hybridized carbons (Fsp3) is 0.0714. The van der Waals surface area contributed by atoms with Crippen LogP contribution in [0.4, 0.5) is 17.3 Å². The van der Waals surface area contributed by atoms with Gasteiger partial charge in [0.05, 0.1) is 17.2 Å². The standard InChI is InChI=1S/C14H12N6O2/c21-20(22)12-5-3-8-16-14(12)17-13-6-9-19(18-13)10-11-4-1-2-7-15-11/h1-9H,10H2,(H,16,17,18). The highest BCUT2D eigenvalue weighted by Gasteiger charge is 2.14. The zero-order valence-corrected chi connectivity index (χ0v) is 11.5. The summed E-state index contributed by atoms with van der Waals surface area (Å²) in [6, 6.07) is 10.3. The van der Waals surface area contributed by atoms with E-state index in [9.17, 15) is 10.1 Å². The summed E-state index contributed by atoms with van der Waals surface area (Å²) in [5.74, 6) is 0.647. The minimum atomic E-state index is -0.486. The van der Waals surface area contributed by atoms with E-state index in [1.165, 1.54) is 18.3 Å². The Kier molecular flexibility index (Phi) is 3.73. The molecule has 3 heterocycles. The monoisotopic (exact) mass is 296 g/mol. The molecular weight excluding hydrogens is 284 g/mol. The summed E-state index contributed by atoms with van der Waals surface area (Å²) in [5.41, 5.74) is 0.780. The van der Waals surface area contributed by atoms with E-state index in [1.807, 2.05) is 18.2 Å². The lowest BCUT2D eigenvalue weighted by Crippen LogP contribution is -2.04. The molecule has 0 aliphatic carbocycles. The Morgan fingerprint density at radius 1 is 1.14 bits per heavy atom. The molecule has 0 aromatic carbocycles. The Labute approximate surface area is 125 Å². The first-order valence-electron chi connectivity index (χ1n) is 6.52. The molecule has 3 aromatic heterocycles. The van der Waals surface area contributed by atoms with E-state index >= 15 is 0 Å². The van der Waals surface area contributed by atoms with Gasteiger partial charge < -0.3 is 5.32 Å².